The molecule has 0 saturated heterocycles. The van der Waals surface area contributed by atoms with Gasteiger partial charge in [-0.3, -0.25) is 4.79 Å². The number of nitrogens with zero attached hydrogens (tertiary/aromatic N) is 1. The summed E-state index contributed by atoms with van der Waals surface area (Å²) in [5.41, 5.74) is 6.76. The van der Waals surface area contributed by atoms with Crippen LogP contribution in [0.25, 0.3) is 0 Å². The third kappa shape index (κ3) is 3.83. The van der Waals surface area contributed by atoms with E-state index in [1.807, 2.05) is 5.38 Å². The monoisotopic (exact) mass is 368 g/mol. The zero-order chi connectivity index (χ0) is 17.2. The van der Waals surface area contributed by atoms with Gasteiger partial charge in [-0.15, -0.1) is 11.3 Å². The fourth-order valence-corrected chi connectivity index (χ4v) is 3.92. The average Bonchev–Trinajstić information content (AvgIpc) is 2.96. The van der Waals surface area contributed by atoms with Gasteiger partial charge in [-0.05, 0) is 31.0 Å². The number of hydrogen-bond donors (Lipinski definition) is 3. The van der Waals surface area contributed by atoms with Crippen LogP contribution in [-0.4, -0.2) is 32.5 Å². The highest BCUT2D eigenvalue weighted by molar-refractivity contribution is 7.89. The van der Waals surface area contributed by atoms with Crippen LogP contribution in [0.4, 0.5) is 10.8 Å². The van der Waals surface area contributed by atoms with Gasteiger partial charge in [0.1, 0.15) is 5.75 Å². The number of carbonyl (C=O) groups excluding carboxylic acids is 1. The van der Waals surface area contributed by atoms with E-state index < -0.39 is 10.0 Å². The number of aryl methyl sites for hydroxylation is 1. The predicted octanol–water partition coefficient (Wildman–Crippen LogP) is 0.967. The molecule has 1 aliphatic heterocycles. The zero-order valence-corrected chi connectivity index (χ0v) is 14.2. The third-order valence-corrected chi connectivity index (χ3v) is 5.55. The molecule has 24 heavy (non-hydrogen) atoms. The van der Waals surface area contributed by atoms with Crippen molar-refractivity contribution in [1.82, 2.24) is 9.71 Å². The van der Waals surface area contributed by atoms with Crippen molar-refractivity contribution in [3.8, 4) is 5.75 Å². The molecule has 0 atom stereocenters. The lowest BCUT2D eigenvalue weighted by atomic mass is 10.2. The minimum Gasteiger partial charge on any atom is -0.482 e. The van der Waals surface area contributed by atoms with Crippen molar-refractivity contribution in [2.75, 3.05) is 24.2 Å². The zero-order valence-electron chi connectivity index (χ0n) is 12.6. The first-order valence-corrected chi connectivity index (χ1v) is 9.56. The van der Waals surface area contributed by atoms with Crippen molar-refractivity contribution in [3.05, 3.63) is 29.3 Å². The number of aromatic nitrogens is 1. The highest BCUT2D eigenvalue weighted by Gasteiger charge is 2.20. The number of sulfonamides is 1. The van der Waals surface area contributed by atoms with Crippen LogP contribution in [0, 0.1) is 0 Å². The summed E-state index contributed by atoms with van der Waals surface area (Å²) in [5.74, 6) is 0.141. The minimum atomic E-state index is -3.66. The average molecular weight is 368 g/mol. The van der Waals surface area contributed by atoms with Crippen molar-refractivity contribution in [2.24, 2.45) is 0 Å². The number of anilines is 2. The second-order valence-electron chi connectivity index (χ2n) is 5.17. The van der Waals surface area contributed by atoms with E-state index in [2.05, 4.69) is 15.0 Å². The molecule has 0 radical (unpaired) electrons. The Bertz CT molecular complexity index is 863. The number of hydrogen-bond acceptors (Lipinski definition) is 7. The van der Waals surface area contributed by atoms with Gasteiger partial charge in [0.2, 0.25) is 10.0 Å². The van der Waals surface area contributed by atoms with Gasteiger partial charge in [0.15, 0.2) is 11.7 Å². The Morgan fingerprint density at radius 3 is 3.00 bits per heavy atom. The fraction of sp³-hybridized carbons (Fsp3) is 0.286. The summed E-state index contributed by atoms with van der Waals surface area (Å²) in [6.45, 7) is 0.207. The van der Waals surface area contributed by atoms with Gasteiger partial charge in [-0.1, -0.05) is 0 Å². The van der Waals surface area contributed by atoms with Crippen molar-refractivity contribution in [3.63, 3.8) is 0 Å². The predicted molar refractivity (Wildman–Crippen MR) is 90.6 cm³/mol. The van der Waals surface area contributed by atoms with Gasteiger partial charge in [0.05, 0.1) is 16.3 Å². The molecule has 10 heteroatoms. The third-order valence-electron chi connectivity index (χ3n) is 3.37. The maximum Gasteiger partial charge on any atom is 0.262 e. The molecular weight excluding hydrogens is 352 g/mol. The molecule has 0 aliphatic carbocycles. The molecule has 128 valence electrons. The van der Waals surface area contributed by atoms with Crippen LogP contribution in [0.15, 0.2) is 28.5 Å². The molecule has 3 rings (SSSR count). The van der Waals surface area contributed by atoms with Crippen molar-refractivity contribution >= 4 is 38.1 Å². The summed E-state index contributed by atoms with van der Waals surface area (Å²) in [4.78, 5) is 15.5. The van der Waals surface area contributed by atoms with Crippen LogP contribution < -0.4 is 20.5 Å². The Kier molecular flexibility index (Phi) is 4.69. The van der Waals surface area contributed by atoms with E-state index in [0.717, 1.165) is 5.69 Å². The molecule has 0 spiro atoms. The molecule has 2 aromatic rings. The number of nitrogens with one attached hydrogen (secondary N) is 2. The smallest absolute Gasteiger partial charge is 0.262 e. The maximum atomic E-state index is 12.3. The SMILES string of the molecule is Nc1nc(CCCNS(=O)(=O)c2ccc3c(c2)NC(=O)CO3)cs1. The number of ether oxygens (including phenoxy) is 1. The summed E-state index contributed by atoms with van der Waals surface area (Å²) in [6, 6.07) is 4.36. The number of nitrogen functional groups attached to an aromatic ring is 1. The number of fused-ring (bicyclic) bond motifs is 1. The molecule has 0 bridgehead atoms. The van der Waals surface area contributed by atoms with Gasteiger partial charge >= 0.3 is 0 Å². The largest absolute Gasteiger partial charge is 0.482 e. The van der Waals surface area contributed by atoms with Gasteiger partial charge in [-0.2, -0.15) is 0 Å². The van der Waals surface area contributed by atoms with Crippen LogP contribution >= 0.6 is 11.3 Å². The summed E-state index contributed by atoms with van der Waals surface area (Å²) in [7, 11) is -3.66. The molecule has 1 aromatic heterocycles. The first-order chi connectivity index (χ1) is 11.4. The van der Waals surface area contributed by atoms with Crippen LogP contribution in [0.5, 0.6) is 5.75 Å². The first kappa shape index (κ1) is 16.7. The Morgan fingerprint density at radius 2 is 2.25 bits per heavy atom. The van der Waals surface area contributed by atoms with Crippen LogP contribution in [0.1, 0.15) is 12.1 Å². The van der Waals surface area contributed by atoms with E-state index in [1.54, 1.807) is 0 Å². The number of rotatable bonds is 6. The Labute approximate surface area is 143 Å². The van der Waals surface area contributed by atoms with E-state index in [-0.39, 0.29) is 24.0 Å². The summed E-state index contributed by atoms with van der Waals surface area (Å²) >= 11 is 1.36. The molecule has 8 nitrogen and oxygen atoms in total. The Hall–Kier alpha value is -2.17. The standard InChI is InChI=1S/C14H16N4O4S2/c15-14-17-9(8-23-14)2-1-5-16-24(20,21)10-3-4-12-11(6-10)18-13(19)7-22-12/h3-4,6,8,16H,1-2,5,7H2,(H2,15,17)(H,18,19). The minimum absolute atomic E-state index is 0.0710. The second kappa shape index (κ2) is 6.75. The molecule has 1 aliphatic rings. The van der Waals surface area contributed by atoms with E-state index in [0.29, 0.717) is 29.4 Å². The molecule has 0 unspecified atom stereocenters. The number of thiazole rings is 1. The Morgan fingerprint density at radius 1 is 1.42 bits per heavy atom. The van der Waals surface area contributed by atoms with E-state index in [4.69, 9.17) is 10.5 Å². The van der Waals surface area contributed by atoms with Crippen LogP contribution in [0.3, 0.4) is 0 Å². The van der Waals surface area contributed by atoms with Crippen molar-refractivity contribution in [1.29, 1.82) is 0 Å². The van der Waals surface area contributed by atoms with E-state index >= 15 is 0 Å². The lowest BCUT2D eigenvalue weighted by Crippen LogP contribution is -2.27. The van der Waals surface area contributed by atoms with Crippen LogP contribution in [0.2, 0.25) is 0 Å². The lowest BCUT2D eigenvalue weighted by Gasteiger charge is -2.18. The summed E-state index contributed by atoms with van der Waals surface area (Å²) in [5, 5.41) is 4.95. The number of amides is 1. The lowest BCUT2D eigenvalue weighted by molar-refractivity contribution is -0.118. The summed E-state index contributed by atoms with van der Waals surface area (Å²) < 4.78 is 32.4. The highest BCUT2D eigenvalue weighted by Crippen LogP contribution is 2.29. The number of nitrogens with two attached hydrogens (primary N) is 1. The topological polar surface area (TPSA) is 123 Å². The van der Waals surface area contributed by atoms with Gasteiger partial charge in [0, 0.05) is 11.9 Å². The van der Waals surface area contributed by atoms with Crippen molar-refractivity contribution < 1.29 is 17.9 Å². The fourth-order valence-electron chi connectivity index (χ4n) is 2.23. The van der Waals surface area contributed by atoms with Gasteiger partial charge < -0.3 is 15.8 Å². The molecule has 1 amide bonds. The quantitative estimate of drug-likeness (QED) is 0.653. The van der Waals surface area contributed by atoms with E-state index in [9.17, 15) is 13.2 Å². The number of carbonyl (C=O) groups is 1. The highest BCUT2D eigenvalue weighted by atomic mass is 32.2. The van der Waals surface area contributed by atoms with Gasteiger partial charge in [-0.25, -0.2) is 18.1 Å². The Balaban J connectivity index is 1.60. The maximum absolute atomic E-state index is 12.3. The number of benzene rings is 1. The normalized spacial score (nSPS) is 13.9. The van der Waals surface area contributed by atoms with Gasteiger partial charge in [0.25, 0.3) is 5.91 Å². The van der Waals surface area contributed by atoms with Crippen LogP contribution in [-0.2, 0) is 21.2 Å². The summed E-state index contributed by atoms with van der Waals surface area (Å²) in [6.07, 6.45) is 1.25. The molecule has 0 fully saturated rings. The molecule has 0 saturated carbocycles. The first-order valence-electron chi connectivity index (χ1n) is 7.20. The molecule has 4 N–H and O–H groups in total. The van der Waals surface area contributed by atoms with Crippen molar-refractivity contribution in [2.45, 2.75) is 17.7 Å². The molecular formula is C14H16N4O4S2. The second-order valence-corrected chi connectivity index (χ2v) is 7.83. The molecule has 1 aromatic carbocycles. The van der Waals surface area contributed by atoms with E-state index in [1.165, 1.54) is 29.5 Å². The molecule has 2 heterocycles.